The third-order valence-electron chi connectivity index (χ3n) is 4.82. The molecule has 0 aliphatic rings. The van der Waals surface area contributed by atoms with Gasteiger partial charge < -0.3 is 14.8 Å². The van der Waals surface area contributed by atoms with Crippen molar-refractivity contribution in [3.05, 3.63) is 84.4 Å². The molecule has 168 valence electrons. The second-order valence-electron chi connectivity index (χ2n) is 7.17. The van der Waals surface area contributed by atoms with Crippen molar-refractivity contribution in [1.82, 2.24) is 4.31 Å². The molecule has 1 atom stereocenters. The van der Waals surface area contributed by atoms with Gasteiger partial charge in [0, 0.05) is 19.3 Å². The molecule has 3 rings (SSSR count). The molecule has 0 saturated carbocycles. The number of carbonyl (C=O) groups excluding carboxylic acids is 1. The minimum absolute atomic E-state index is 0.146. The molecule has 7 nitrogen and oxygen atoms in total. The summed E-state index contributed by atoms with van der Waals surface area (Å²) in [5, 5.41) is 2.73. The van der Waals surface area contributed by atoms with Crippen LogP contribution in [0.2, 0.25) is 0 Å². The maximum absolute atomic E-state index is 12.8. The number of hydrogen-bond donors (Lipinski definition) is 1. The van der Waals surface area contributed by atoms with Gasteiger partial charge in [0.25, 0.3) is 5.91 Å². The number of sulfonamides is 1. The first-order chi connectivity index (χ1) is 15.3. The molecule has 0 spiro atoms. The summed E-state index contributed by atoms with van der Waals surface area (Å²) >= 11 is 0. The van der Waals surface area contributed by atoms with Gasteiger partial charge in [0.1, 0.15) is 0 Å². The van der Waals surface area contributed by atoms with Crippen LogP contribution in [-0.2, 0) is 21.4 Å². The van der Waals surface area contributed by atoms with E-state index in [1.807, 2.05) is 36.4 Å². The van der Waals surface area contributed by atoms with Gasteiger partial charge in [-0.3, -0.25) is 4.79 Å². The summed E-state index contributed by atoms with van der Waals surface area (Å²) in [4.78, 5) is 12.7. The second kappa shape index (κ2) is 10.3. The summed E-state index contributed by atoms with van der Waals surface area (Å²) in [6, 6.07) is 22.5. The number of nitrogens with zero attached hydrogens (tertiary/aromatic N) is 1. The van der Waals surface area contributed by atoms with E-state index in [0.717, 1.165) is 5.56 Å². The van der Waals surface area contributed by atoms with Gasteiger partial charge >= 0.3 is 0 Å². The summed E-state index contributed by atoms with van der Waals surface area (Å²) in [7, 11) is -0.601. The van der Waals surface area contributed by atoms with E-state index < -0.39 is 16.1 Å². The largest absolute Gasteiger partial charge is 0.493 e. The lowest BCUT2D eigenvalue weighted by Crippen LogP contribution is -2.30. The first-order valence-corrected chi connectivity index (χ1v) is 11.5. The van der Waals surface area contributed by atoms with Crippen LogP contribution in [0.5, 0.6) is 11.5 Å². The van der Waals surface area contributed by atoms with Crippen molar-refractivity contribution in [2.75, 3.05) is 19.5 Å². The van der Waals surface area contributed by atoms with Gasteiger partial charge in [0.2, 0.25) is 10.0 Å². The van der Waals surface area contributed by atoms with Crippen molar-refractivity contribution in [2.45, 2.75) is 24.5 Å². The number of para-hydroxylation sites is 2. The van der Waals surface area contributed by atoms with Crippen LogP contribution in [0.4, 0.5) is 5.69 Å². The summed E-state index contributed by atoms with van der Waals surface area (Å²) in [6.45, 7) is 1.89. The highest BCUT2D eigenvalue weighted by Gasteiger charge is 2.21. The van der Waals surface area contributed by atoms with Gasteiger partial charge in [-0.15, -0.1) is 0 Å². The molecular weight excluding hydrogens is 428 g/mol. The molecule has 3 aromatic rings. The van der Waals surface area contributed by atoms with Crippen molar-refractivity contribution in [3.63, 3.8) is 0 Å². The first-order valence-electron chi connectivity index (χ1n) is 10.0. The van der Waals surface area contributed by atoms with E-state index in [1.54, 1.807) is 37.3 Å². The predicted molar refractivity (Wildman–Crippen MR) is 123 cm³/mol. The van der Waals surface area contributed by atoms with Crippen LogP contribution < -0.4 is 14.8 Å². The lowest BCUT2D eigenvalue weighted by atomic mass is 10.2. The highest BCUT2D eigenvalue weighted by atomic mass is 32.2. The minimum Gasteiger partial charge on any atom is -0.493 e. The highest BCUT2D eigenvalue weighted by molar-refractivity contribution is 7.89. The predicted octanol–water partition coefficient (Wildman–Crippen LogP) is 3.92. The number of methoxy groups -OCH3 is 1. The SMILES string of the molecule is COc1ccccc1OC(C)C(=O)Nc1ccc(S(=O)(=O)N(C)Cc2ccccc2)cc1. The van der Waals surface area contributed by atoms with Crippen LogP contribution in [0, 0.1) is 0 Å². The number of hydrogen-bond acceptors (Lipinski definition) is 5. The minimum atomic E-state index is -3.67. The Hall–Kier alpha value is -3.36. The quantitative estimate of drug-likeness (QED) is 0.530. The highest BCUT2D eigenvalue weighted by Crippen LogP contribution is 2.27. The van der Waals surface area contributed by atoms with Crippen LogP contribution in [0.15, 0.2) is 83.8 Å². The molecule has 0 aromatic heterocycles. The Bertz CT molecular complexity index is 1150. The average Bonchev–Trinajstić information content (AvgIpc) is 2.80. The Morgan fingerprint density at radius 2 is 1.53 bits per heavy atom. The van der Waals surface area contributed by atoms with E-state index in [2.05, 4.69) is 5.32 Å². The van der Waals surface area contributed by atoms with Gasteiger partial charge in [-0.05, 0) is 48.9 Å². The number of ether oxygens (including phenoxy) is 2. The van der Waals surface area contributed by atoms with E-state index in [1.165, 1.54) is 30.6 Å². The average molecular weight is 455 g/mol. The Morgan fingerprint density at radius 1 is 0.938 bits per heavy atom. The van der Waals surface area contributed by atoms with Gasteiger partial charge in [-0.1, -0.05) is 42.5 Å². The summed E-state index contributed by atoms with van der Waals surface area (Å²) in [6.07, 6.45) is -0.785. The van der Waals surface area contributed by atoms with Gasteiger partial charge in [-0.25, -0.2) is 8.42 Å². The molecule has 0 saturated heterocycles. The zero-order valence-corrected chi connectivity index (χ0v) is 19.0. The van der Waals surface area contributed by atoms with Crippen molar-refractivity contribution in [1.29, 1.82) is 0 Å². The molecule has 0 heterocycles. The van der Waals surface area contributed by atoms with Crippen LogP contribution in [0.3, 0.4) is 0 Å². The van der Waals surface area contributed by atoms with Crippen LogP contribution in [0.1, 0.15) is 12.5 Å². The van der Waals surface area contributed by atoms with Gasteiger partial charge in [0.15, 0.2) is 17.6 Å². The Labute approximate surface area is 188 Å². The fourth-order valence-corrected chi connectivity index (χ4v) is 4.18. The molecule has 1 amide bonds. The fraction of sp³-hybridized carbons (Fsp3) is 0.208. The topological polar surface area (TPSA) is 84.9 Å². The first kappa shape index (κ1) is 23.3. The van der Waals surface area contributed by atoms with E-state index in [9.17, 15) is 13.2 Å². The number of anilines is 1. The van der Waals surface area contributed by atoms with Crippen molar-refractivity contribution in [2.24, 2.45) is 0 Å². The third-order valence-corrected chi connectivity index (χ3v) is 6.64. The number of carbonyl (C=O) groups is 1. The van der Waals surface area contributed by atoms with Crippen molar-refractivity contribution in [3.8, 4) is 11.5 Å². The van der Waals surface area contributed by atoms with Crippen LogP contribution >= 0.6 is 0 Å². The molecule has 8 heteroatoms. The maximum Gasteiger partial charge on any atom is 0.265 e. The lowest BCUT2D eigenvalue weighted by Gasteiger charge is -2.18. The smallest absolute Gasteiger partial charge is 0.265 e. The maximum atomic E-state index is 12.8. The van der Waals surface area contributed by atoms with Crippen molar-refractivity contribution >= 4 is 21.6 Å². The Morgan fingerprint density at radius 3 is 2.16 bits per heavy atom. The molecule has 1 N–H and O–H groups in total. The summed E-state index contributed by atoms with van der Waals surface area (Å²) < 4.78 is 37.9. The normalized spacial score (nSPS) is 12.2. The van der Waals surface area contributed by atoms with E-state index in [-0.39, 0.29) is 17.3 Å². The number of benzene rings is 3. The van der Waals surface area contributed by atoms with Crippen LogP contribution in [-0.4, -0.2) is 38.9 Å². The van der Waals surface area contributed by atoms with Gasteiger partial charge in [0.05, 0.1) is 12.0 Å². The molecule has 0 fully saturated rings. The van der Waals surface area contributed by atoms with E-state index in [4.69, 9.17) is 9.47 Å². The number of rotatable bonds is 9. The lowest BCUT2D eigenvalue weighted by molar-refractivity contribution is -0.122. The molecule has 1 unspecified atom stereocenters. The molecule has 0 aliphatic carbocycles. The third kappa shape index (κ3) is 5.66. The summed E-state index contributed by atoms with van der Waals surface area (Å²) in [5.74, 6) is 0.620. The van der Waals surface area contributed by atoms with E-state index in [0.29, 0.717) is 17.2 Å². The molecular formula is C24H26N2O5S. The summed E-state index contributed by atoms with van der Waals surface area (Å²) in [5.41, 5.74) is 1.36. The Kier molecular flexibility index (Phi) is 7.50. The van der Waals surface area contributed by atoms with Crippen molar-refractivity contribution < 1.29 is 22.7 Å². The van der Waals surface area contributed by atoms with E-state index >= 15 is 0 Å². The molecule has 32 heavy (non-hydrogen) atoms. The standard InChI is InChI=1S/C24H26N2O5S/c1-18(31-23-12-8-7-11-22(23)30-3)24(27)25-20-13-15-21(16-14-20)32(28,29)26(2)17-19-9-5-4-6-10-19/h4-16,18H,17H2,1-3H3,(H,25,27). The zero-order chi connectivity index (χ0) is 23.1. The second-order valence-corrected chi connectivity index (χ2v) is 9.22. The molecule has 0 radical (unpaired) electrons. The number of amides is 1. The number of nitrogens with one attached hydrogen (secondary N) is 1. The van der Waals surface area contributed by atoms with Crippen LogP contribution in [0.25, 0.3) is 0 Å². The Balaban J connectivity index is 1.64. The van der Waals surface area contributed by atoms with Gasteiger partial charge in [-0.2, -0.15) is 4.31 Å². The molecule has 3 aromatic carbocycles. The molecule has 0 aliphatic heterocycles. The monoisotopic (exact) mass is 454 g/mol. The fourth-order valence-electron chi connectivity index (χ4n) is 3.02. The molecule has 0 bridgehead atoms. The zero-order valence-electron chi connectivity index (χ0n) is 18.2.